The number of nitrogens with two attached hydrogens (primary N) is 1. The van der Waals surface area contributed by atoms with Crippen LogP contribution in [0.5, 0.6) is 11.9 Å². The number of fused-ring (bicyclic) bond motifs is 1. The number of halogens is 6. The lowest BCUT2D eigenvalue weighted by atomic mass is 9.95. The van der Waals surface area contributed by atoms with E-state index in [2.05, 4.69) is 19.8 Å². The summed E-state index contributed by atoms with van der Waals surface area (Å²) in [7, 11) is 2.05. The molecule has 9 nitrogen and oxygen atoms in total. The zero-order valence-corrected chi connectivity index (χ0v) is 26.3. The third kappa shape index (κ3) is 5.35. The maximum absolute atomic E-state index is 16.7. The smallest absolute Gasteiger partial charge is 0.418 e. The zero-order valence-electron chi connectivity index (χ0n) is 25.5. The van der Waals surface area contributed by atoms with Crippen LogP contribution in [-0.2, 0) is 6.18 Å². The van der Waals surface area contributed by atoms with Gasteiger partial charge in [0.1, 0.15) is 41.8 Å². The predicted molar refractivity (Wildman–Crippen MR) is 164 cm³/mol. The number of hydrogen-bond donors (Lipinski definition) is 1. The lowest BCUT2D eigenvalue weighted by Gasteiger charge is -2.33. The normalized spacial score (nSPS) is 26.9. The van der Waals surface area contributed by atoms with E-state index >= 15 is 4.39 Å². The van der Waals surface area contributed by atoms with Crippen LogP contribution in [0.1, 0.15) is 44.6 Å². The number of aromatic nitrogens is 3. The highest BCUT2D eigenvalue weighted by atomic mass is 35.5. The molecular formula is C31H35ClF5N7O2. The summed E-state index contributed by atoms with van der Waals surface area (Å²) in [6.07, 6.45) is -2.00. The van der Waals surface area contributed by atoms with Gasteiger partial charge in [0.2, 0.25) is 5.88 Å². The molecule has 0 amide bonds. The van der Waals surface area contributed by atoms with E-state index in [1.807, 2.05) is 18.9 Å². The Morgan fingerprint density at radius 2 is 1.98 bits per heavy atom. The van der Waals surface area contributed by atoms with E-state index in [-0.39, 0.29) is 53.8 Å². The van der Waals surface area contributed by atoms with Crippen molar-refractivity contribution in [1.29, 1.82) is 0 Å². The molecule has 2 N–H and O–H groups in total. The Morgan fingerprint density at radius 3 is 2.72 bits per heavy atom. The molecule has 15 heteroatoms. The lowest BCUT2D eigenvalue weighted by Crippen LogP contribution is -2.45. The second kappa shape index (κ2) is 11.5. The molecule has 0 bridgehead atoms. The number of likely N-dealkylation sites (N-methyl/N-ethyl adjacent to an activating group) is 1. The van der Waals surface area contributed by atoms with Crippen LogP contribution in [0.25, 0.3) is 22.2 Å². The van der Waals surface area contributed by atoms with Crippen molar-refractivity contribution >= 4 is 34.0 Å². The van der Waals surface area contributed by atoms with Gasteiger partial charge in [0, 0.05) is 36.8 Å². The highest BCUT2D eigenvalue weighted by molar-refractivity contribution is 6.32. The number of pyridine rings is 1. The Hall–Kier alpha value is -3.23. The first kappa shape index (κ1) is 31.4. The third-order valence-electron chi connectivity index (χ3n) is 9.94. The van der Waals surface area contributed by atoms with Gasteiger partial charge >= 0.3 is 12.2 Å². The molecule has 3 fully saturated rings. The number of benzene rings is 1. The summed E-state index contributed by atoms with van der Waals surface area (Å²) in [6.45, 7) is 4.68. The molecule has 4 atom stereocenters. The van der Waals surface area contributed by atoms with Gasteiger partial charge in [0.05, 0.1) is 22.2 Å². The minimum atomic E-state index is -4.94. The minimum absolute atomic E-state index is 0.0885. The topological polar surface area (TPSA) is 92.9 Å². The number of alkyl halides is 4. The number of hydrogen-bond acceptors (Lipinski definition) is 9. The molecule has 4 aliphatic heterocycles. The molecule has 3 saturated heterocycles. The van der Waals surface area contributed by atoms with Crippen LogP contribution in [0.3, 0.4) is 0 Å². The van der Waals surface area contributed by atoms with Gasteiger partial charge in [-0.15, -0.1) is 0 Å². The van der Waals surface area contributed by atoms with Crippen molar-refractivity contribution in [3.05, 3.63) is 28.5 Å². The maximum Gasteiger partial charge on any atom is 0.418 e. The fourth-order valence-corrected chi connectivity index (χ4v) is 7.95. The van der Waals surface area contributed by atoms with Crippen molar-refractivity contribution in [1.82, 2.24) is 24.8 Å². The van der Waals surface area contributed by atoms with E-state index < -0.39 is 45.5 Å². The number of ether oxygens (including phenoxy) is 2. The molecule has 0 spiro atoms. The lowest BCUT2D eigenvalue weighted by molar-refractivity contribution is -0.137. The third-order valence-corrected chi connectivity index (χ3v) is 10.2. The van der Waals surface area contributed by atoms with Crippen LogP contribution in [0.2, 0.25) is 5.02 Å². The van der Waals surface area contributed by atoms with Gasteiger partial charge in [-0.3, -0.25) is 4.90 Å². The Morgan fingerprint density at radius 1 is 1.17 bits per heavy atom. The Bertz CT molecular complexity index is 1680. The van der Waals surface area contributed by atoms with Crippen LogP contribution in [0.15, 0.2) is 12.1 Å². The standard InChI is InChI=1S/C31H35ClF5N7O2/c1-16-14-45-28-22-26(24(34)25(39-28)20-9-18(38)10-21(32)23(20)31(35,36)37)40-29(41-27(22)44(16)13-19-5-3-7-42(19)2)46-15-30-6-4-8-43(30)12-17(33)11-30/h9-10,16-17,19H,3-8,11-15,38H2,1-2H3/t16?,17-,19?,30+/m1/s1. The van der Waals surface area contributed by atoms with Gasteiger partial charge in [-0.05, 0) is 64.9 Å². The fraction of sp³-hybridized carbons (Fsp3) is 0.581. The first-order valence-electron chi connectivity index (χ1n) is 15.5. The van der Waals surface area contributed by atoms with Crippen LogP contribution in [0, 0.1) is 5.82 Å². The van der Waals surface area contributed by atoms with Gasteiger partial charge in [0.25, 0.3) is 0 Å². The zero-order chi connectivity index (χ0) is 32.5. The van der Waals surface area contributed by atoms with Crippen LogP contribution < -0.4 is 20.1 Å². The van der Waals surface area contributed by atoms with E-state index in [9.17, 15) is 17.6 Å². The monoisotopic (exact) mass is 667 g/mol. The van der Waals surface area contributed by atoms with E-state index in [0.717, 1.165) is 50.9 Å². The maximum atomic E-state index is 16.7. The summed E-state index contributed by atoms with van der Waals surface area (Å²) in [5.74, 6) is -0.915. The molecule has 0 radical (unpaired) electrons. The molecule has 2 aromatic heterocycles. The minimum Gasteiger partial charge on any atom is -0.475 e. The summed E-state index contributed by atoms with van der Waals surface area (Å²) in [5.41, 5.74) is 2.38. The van der Waals surface area contributed by atoms with E-state index in [1.54, 1.807) is 0 Å². The first-order chi connectivity index (χ1) is 21.8. The SMILES string of the molecule is CC1COc2nc(-c3cc(N)cc(Cl)c3C(F)(F)F)c(F)c3nc(OC[C@@]45CCCN4C[C@H](F)C5)nc(c23)N1CC1CCCN1C. The summed E-state index contributed by atoms with van der Waals surface area (Å²) < 4.78 is 86.3. The molecule has 7 rings (SSSR count). The van der Waals surface area contributed by atoms with E-state index in [0.29, 0.717) is 25.3 Å². The van der Waals surface area contributed by atoms with Crippen molar-refractivity contribution < 1.29 is 31.4 Å². The second-order valence-corrected chi connectivity index (χ2v) is 13.4. The average molecular weight is 668 g/mol. The number of anilines is 2. The Labute approximate surface area is 267 Å². The van der Waals surface area contributed by atoms with Crippen LogP contribution in [0.4, 0.5) is 33.5 Å². The molecule has 0 aliphatic carbocycles. The highest BCUT2D eigenvalue weighted by Gasteiger charge is 2.49. The molecule has 4 aliphatic rings. The van der Waals surface area contributed by atoms with Gasteiger partial charge in [-0.1, -0.05) is 11.6 Å². The first-order valence-corrected chi connectivity index (χ1v) is 15.9. The summed E-state index contributed by atoms with van der Waals surface area (Å²) in [5, 5.41) is -0.556. The average Bonchev–Trinajstić information content (AvgIpc) is 3.63. The van der Waals surface area contributed by atoms with Crippen molar-refractivity contribution in [3.63, 3.8) is 0 Å². The molecule has 46 heavy (non-hydrogen) atoms. The number of nitrogen functional groups attached to an aromatic ring is 1. The van der Waals surface area contributed by atoms with Crippen molar-refractivity contribution in [3.8, 4) is 23.1 Å². The van der Waals surface area contributed by atoms with Gasteiger partial charge in [-0.25, -0.2) is 13.8 Å². The van der Waals surface area contributed by atoms with Crippen molar-refractivity contribution in [2.75, 3.05) is 57.1 Å². The van der Waals surface area contributed by atoms with Crippen molar-refractivity contribution in [2.24, 2.45) is 0 Å². The summed E-state index contributed by atoms with van der Waals surface area (Å²) in [4.78, 5) is 19.8. The van der Waals surface area contributed by atoms with E-state index in [4.69, 9.17) is 31.8 Å². The number of rotatable bonds is 6. The molecule has 248 valence electrons. The van der Waals surface area contributed by atoms with Gasteiger partial charge < -0.3 is 25.0 Å². The fourth-order valence-electron chi connectivity index (χ4n) is 7.61. The number of likely N-dealkylation sites (tertiary alicyclic amines) is 1. The predicted octanol–water partition coefficient (Wildman–Crippen LogP) is 5.72. The molecule has 2 unspecified atom stereocenters. The summed E-state index contributed by atoms with van der Waals surface area (Å²) >= 11 is 6.02. The molecular weight excluding hydrogens is 633 g/mol. The molecule has 6 heterocycles. The van der Waals surface area contributed by atoms with Crippen molar-refractivity contribution in [2.45, 2.75) is 69.0 Å². The Kier molecular flexibility index (Phi) is 7.83. The van der Waals surface area contributed by atoms with Crippen LogP contribution in [-0.4, -0.2) is 95.0 Å². The largest absolute Gasteiger partial charge is 0.475 e. The Balaban J connectivity index is 1.40. The second-order valence-electron chi connectivity index (χ2n) is 13.0. The van der Waals surface area contributed by atoms with Crippen LogP contribution >= 0.6 is 11.6 Å². The van der Waals surface area contributed by atoms with Gasteiger partial charge in [-0.2, -0.15) is 23.1 Å². The molecule has 3 aromatic rings. The summed E-state index contributed by atoms with van der Waals surface area (Å²) in [6, 6.07) is 1.71. The number of nitrogens with zero attached hydrogens (tertiary/aromatic N) is 6. The quantitative estimate of drug-likeness (QED) is 0.262. The highest BCUT2D eigenvalue weighted by Crippen LogP contribution is 2.47. The van der Waals surface area contributed by atoms with Gasteiger partial charge in [0.15, 0.2) is 5.82 Å². The molecule has 1 aromatic carbocycles. The van der Waals surface area contributed by atoms with E-state index in [1.165, 1.54) is 0 Å². The molecule has 0 saturated carbocycles.